The SMILES string of the molecule is CCN(Cc1nc(-c2ccccc2)no1)C(=O)[C@@H](C)Oc1ccccc1. The van der Waals surface area contributed by atoms with E-state index in [2.05, 4.69) is 10.1 Å². The molecule has 0 aliphatic carbocycles. The molecule has 1 atom stereocenters. The number of para-hydroxylation sites is 1. The second kappa shape index (κ2) is 8.29. The number of amides is 1. The Morgan fingerprint density at radius 2 is 1.77 bits per heavy atom. The van der Waals surface area contributed by atoms with E-state index in [4.69, 9.17) is 9.26 Å². The van der Waals surface area contributed by atoms with Crippen LogP contribution in [0.5, 0.6) is 5.75 Å². The molecule has 0 spiro atoms. The number of hydrogen-bond donors (Lipinski definition) is 0. The summed E-state index contributed by atoms with van der Waals surface area (Å²) in [5.41, 5.74) is 0.873. The summed E-state index contributed by atoms with van der Waals surface area (Å²) in [6.45, 7) is 4.41. The molecular weight excluding hydrogens is 330 g/mol. The predicted octanol–water partition coefficient (Wildman–Crippen LogP) is 3.55. The third kappa shape index (κ3) is 4.27. The molecule has 6 nitrogen and oxygen atoms in total. The summed E-state index contributed by atoms with van der Waals surface area (Å²) in [6.07, 6.45) is -0.603. The first-order chi connectivity index (χ1) is 12.7. The molecule has 1 heterocycles. The highest BCUT2D eigenvalue weighted by Crippen LogP contribution is 2.17. The van der Waals surface area contributed by atoms with Crippen molar-refractivity contribution in [2.75, 3.05) is 6.54 Å². The van der Waals surface area contributed by atoms with Crippen LogP contribution in [0.25, 0.3) is 11.4 Å². The van der Waals surface area contributed by atoms with Crippen molar-refractivity contribution in [1.82, 2.24) is 15.0 Å². The fourth-order valence-corrected chi connectivity index (χ4v) is 2.54. The summed E-state index contributed by atoms with van der Waals surface area (Å²) in [7, 11) is 0. The molecule has 1 aromatic heterocycles. The molecule has 3 rings (SSSR count). The molecule has 0 aliphatic heterocycles. The minimum Gasteiger partial charge on any atom is -0.481 e. The molecule has 6 heteroatoms. The van der Waals surface area contributed by atoms with Gasteiger partial charge in [0.25, 0.3) is 5.91 Å². The number of nitrogens with zero attached hydrogens (tertiary/aromatic N) is 3. The average Bonchev–Trinajstić information content (AvgIpc) is 3.15. The van der Waals surface area contributed by atoms with Crippen molar-refractivity contribution in [1.29, 1.82) is 0 Å². The maximum Gasteiger partial charge on any atom is 0.263 e. The van der Waals surface area contributed by atoms with Gasteiger partial charge >= 0.3 is 0 Å². The minimum atomic E-state index is -0.603. The molecule has 0 N–H and O–H groups in total. The molecular formula is C20H21N3O3. The Morgan fingerprint density at radius 1 is 1.12 bits per heavy atom. The Bertz CT molecular complexity index is 834. The van der Waals surface area contributed by atoms with E-state index in [-0.39, 0.29) is 12.5 Å². The summed E-state index contributed by atoms with van der Waals surface area (Å²) in [5, 5.41) is 3.99. The molecule has 0 radical (unpaired) electrons. The van der Waals surface area contributed by atoms with Gasteiger partial charge in [-0.2, -0.15) is 4.98 Å². The zero-order valence-corrected chi connectivity index (χ0v) is 14.8. The highest BCUT2D eigenvalue weighted by molar-refractivity contribution is 5.80. The van der Waals surface area contributed by atoms with E-state index in [0.717, 1.165) is 5.56 Å². The highest BCUT2D eigenvalue weighted by Gasteiger charge is 2.23. The van der Waals surface area contributed by atoms with Crippen LogP contribution in [0.4, 0.5) is 0 Å². The van der Waals surface area contributed by atoms with Crippen LogP contribution in [-0.4, -0.2) is 33.6 Å². The first kappa shape index (κ1) is 17.7. The van der Waals surface area contributed by atoms with Crippen LogP contribution in [-0.2, 0) is 11.3 Å². The van der Waals surface area contributed by atoms with Gasteiger partial charge < -0.3 is 14.2 Å². The Morgan fingerprint density at radius 3 is 2.42 bits per heavy atom. The van der Waals surface area contributed by atoms with Crippen LogP contribution in [0.2, 0.25) is 0 Å². The molecule has 3 aromatic rings. The fourth-order valence-electron chi connectivity index (χ4n) is 2.54. The van der Waals surface area contributed by atoms with E-state index >= 15 is 0 Å². The topological polar surface area (TPSA) is 68.5 Å². The van der Waals surface area contributed by atoms with Gasteiger partial charge in [0.05, 0.1) is 0 Å². The van der Waals surface area contributed by atoms with Crippen molar-refractivity contribution < 1.29 is 14.1 Å². The van der Waals surface area contributed by atoms with Gasteiger partial charge in [-0.3, -0.25) is 4.79 Å². The van der Waals surface area contributed by atoms with Gasteiger partial charge in [-0.15, -0.1) is 0 Å². The molecule has 0 bridgehead atoms. The van der Waals surface area contributed by atoms with Crippen molar-refractivity contribution in [3.8, 4) is 17.1 Å². The standard InChI is InChI=1S/C20H21N3O3/c1-3-23(20(24)15(2)25-17-12-8-5-9-13-17)14-18-21-19(22-26-18)16-10-6-4-7-11-16/h4-13,15H,3,14H2,1-2H3/t15-/m1/s1. The third-order valence-electron chi connectivity index (χ3n) is 3.92. The Hall–Kier alpha value is -3.15. The average molecular weight is 351 g/mol. The summed E-state index contributed by atoms with van der Waals surface area (Å²) < 4.78 is 11.0. The zero-order chi connectivity index (χ0) is 18.4. The molecule has 1 amide bonds. The third-order valence-corrected chi connectivity index (χ3v) is 3.92. The van der Waals surface area contributed by atoms with E-state index in [0.29, 0.717) is 24.0 Å². The van der Waals surface area contributed by atoms with Crippen LogP contribution in [0.3, 0.4) is 0 Å². The normalized spacial score (nSPS) is 11.8. The van der Waals surface area contributed by atoms with Crippen LogP contribution in [0.15, 0.2) is 65.2 Å². The molecule has 134 valence electrons. The van der Waals surface area contributed by atoms with Gasteiger partial charge in [-0.05, 0) is 26.0 Å². The molecule has 26 heavy (non-hydrogen) atoms. The fraction of sp³-hybridized carbons (Fsp3) is 0.250. The highest BCUT2D eigenvalue weighted by atomic mass is 16.5. The van der Waals surface area contributed by atoms with E-state index in [1.807, 2.05) is 67.6 Å². The predicted molar refractivity (Wildman–Crippen MR) is 97.4 cm³/mol. The number of aromatic nitrogens is 2. The molecule has 2 aromatic carbocycles. The number of benzene rings is 2. The quantitative estimate of drug-likeness (QED) is 0.651. The van der Waals surface area contributed by atoms with Crippen molar-refractivity contribution in [3.05, 3.63) is 66.6 Å². The molecule has 0 aliphatic rings. The lowest BCUT2D eigenvalue weighted by Crippen LogP contribution is -2.40. The second-order valence-electron chi connectivity index (χ2n) is 5.80. The number of ether oxygens (including phenoxy) is 1. The molecule has 0 saturated heterocycles. The van der Waals surface area contributed by atoms with Crippen molar-refractivity contribution in [2.24, 2.45) is 0 Å². The van der Waals surface area contributed by atoms with Gasteiger partial charge in [0.1, 0.15) is 12.3 Å². The number of likely N-dealkylation sites (N-methyl/N-ethyl adjacent to an activating group) is 1. The second-order valence-corrected chi connectivity index (χ2v) is 5.80. The molecule has 0 unspecified atom stereocenters. The Balaban J connectivity index is 1.65. The summed E-state index contributed by atoms with van der Waals surface area (Å²) in [5.74, 6) is 1.44. The lowest BCUT2D eigenvalue weighted by molar-refractivity contribution is -0.138. The smallest absolute Gasteiger partial charge is 0.263 e. The van der Waals surface area contributed by atoms with Crippen molar-refractivity contribution >= 4 is 5.91 Å². The van der Waals surface area contributed by atoms with Crippen LogP contribution >= 0.6 is 0 Å². The lowest BCUT2D eigenvalue weighted by atomic mass is 10.2. The van der Waals surface area contributed by atoms with E-state index < -0.39 is 6.10 Å². The summed E-state index contributed by atoms with van der Waals surface area (Å²) >= 11 is 0. The maximum absolute atomic E-state index is 12.7. The number of hydrogen-bond acceptors (Lipinski definition) is 5. The van der Waals surface area contributed by atoms with E-state index in [1.54, 1.807) is 11.8 Å². The summed E-state index contributed by atoms with van der Waals surface area (Å²) in [4.78, 5) is 18.7. The Kier molecular flexibility index (Phi) is 5.63. The van der Waals surface area contributed by atoms with E-state index in [1.165, 1.54) is 0 Å². The molecule has 0 fully saturated rings. The first-order valence-electron chi connectivity index (χ1n) is 8.56. The zero-order valence-electron chi connectivity index (χ0n) is 14.8. The van der Waals surface area contributed by atoms with Gasteiger partial charge in [0, 0.05) is 12.1 Å². The van der Waals surface area contributed by atoms with Gasteiger partial charge in [-0.1, -0.05) is 53.7 Å². The lowest BCUT2D eigenvalue weighted by Gasteiger charge is -2.23. The van der Waals surface area contributed by atoms with Crippen molar-refractivity contribution in [2.45, 2.75) is 26.5 Å². The van der Waals surface area contributed by atoms with Crippen LogP contribution in [0.1, 0.15) is 19.7 Å². The number of rotatable bonds is 7. The first-order valence-corrected chi connectivity index (χ1v) is 8.56. The van der Waals surface area contributed by atoms with Gasteiger partial charge in [0.15, 0.2) is 6.10 Å². The summed E-state index contributed by atoms with van der Waals surface area (Å²) in [6, 6.07) is 18.9. The number of carbonyl (C=O) groups is 1. The van der Waals surface area contributed by atoms with Gasteiger partial charge in [-0.25, -0.2) is 0 Å². The minimum absolute atomic E-state index is 0.129. The van der Waals surface area contributed by atoms with Crippen LogP contribution < -0.4 is 4.74 Å². The van der Waals surface area contributed by atoms with Crippen molar-refractivity contribution in [3.63, 3.8) is 0 Å². The van der Waals surface area contributed by atoms with Gasteiger partial charge in [0.2, 0.25) is 11.7 Å². The maximum atomic E-state index is 12.7. The monoisotopic (exact) mass is 351 g/mol. The molecule has 0 saturated carbocycles. The number of carbonyl (C=O) groups excluding carboxylic acids is 1. The largest absolute Gasteiger partial charge is 0.481 e. The van der Waals surface area contributed by atoms with E-state index in [9.17, 15) is 4.79 Å². The van der Waals surface area contributed by atoms with Crippen LogP contribution in [0, 0.1) is 0 Å². The Labute approximate surface area is 152 Å².